The number of benzene rings is 2. The van der Waals surface area contributed by atoms with Crippen molar-refractivity contribution < 1.29 is 0 Å². The van der Waals surface area contributed by atoms with Gasteiger partial charge in [-0.1, -0.05) is 35.9 Å². The van der Waals surface area contributed by atoms with Gasteiger partial charge in [0.15, 0.2) is 0 Å². The summed E-state index contributed by atoms with van der Waals surface area (Å²) in [6.45, 7) is 6.46. The van der Waals surface area contributed by atoms with E-state index in [2.05, 4.69) is 68.2 Å². The van der Waals surface area contributed by atoms with Crippen LogP contribution in [0.4, 0.5) is 0 Å². The van der Waals surface area contributed by atoms with Gasteiger partial charge in [0, 0.05) is 21.9 Å². The third-order valence-corrected chi connectivity index (χ3v) is 4.30. The number of hydrogen-bond acceptors (Lipinski definition) is 1. The summed E-state index contributed by atoms with van der Waals surface area (Å²) in [5, 5.41) is 2.41. The molecule has 0 bridgehead atoms. The van der Waals surface area contributed by atoms with Crippen molar-refractivity contribution in [3.63, 3.8) is 0 Å². The molecule has 1 N–H and O–H groups in total. The van der Waals surface area contributed by atoms with Crippen LogP contribution in [0, 0.1) is 20.8 Å². The van der Waals surface area contributed by atoms with Crippen molar-refractivity contribution in [1.82, 2.24) is 9.97 Å². The van der Waals surface area contributed by atoms with E-state index in [9.17, 15) is 0 Å². The van der Waals surface area contributed by atoms with E-state index in [0.717, 1.165) is 16.9 Å². The molecule has 0 radical (unpaired) electrons. The molecule has 2 aromatic heterocycles. The lowest BCUT2D eigenvalue weighted by molar-refractivity contribution is 1.27. The Hall–Kier alpha value is -2.61. The number of aromatic amines is 1. The molecule has 0 aliphatic rings. The Morgan fingerprint density at radius 1 is 0.818 bits per heavy atom. The second-order valence-corrected chi connectivity index (χ2v) is 6.04. The van der Waals surface area contributed by atoms with Gasteiger partial charge in [-0.15, -0.1) is 0 Å². The first-order valence-corrected chi connectivity index (χ1v) is 7.59. The Morgan fingerprint density at radius 3 is 2.32 bits per heavy atom. The molecule has 2 aromatic carbocycles. The lowest BCUT2D eigenvalue weighted by Crippen LogP contribution is -1.92. The van der Waals surface area contributed by atoms with E-state index in [4.69, 9.17) is 4.98 Å². The van der Waals surface area contributed by atoms with Crippen LogP contribution in [0.3, 0.4) is 0 Å². The number of nitrogens with one attached hydrogen (secondary N) is 1. The van der Waals surface area contributed by atoms with Gasteiger partial charge < -0.3 is 4.98 Å². The maximum absolute atomic E-state index is 4.88. The van der Waals surface area contributed by atoms with Gasteiger partial charge in [-0.3, -0.25) is 0 Å². The minimum atomic E-state index is 0.957. The quantitative estimate of drug-likeness (QED) is 0.505. The molecule has 0 spiro atoms. The Labute approximate surface area is 129 Å². The summed E-state index contributed by atoms with van der Waals surface area (Å²) in [5.41, 5.74) is 8.23. The number of hydrogen-bond donors (Lipinski definition) is 1. The van der Waals surface area contributed by atoms with E-state index in [-0.39, 0.29) is 0 Å². The molecular formula is C20H18N2. The van der Waals surface area contributed by atoms with Gasteiger partial charge in [0.25, 0.3) is 0 Å². The molecule has 4 aromatic rings. The number of H-pyrrole nitrogens is 1. The highest BCUT2D eigenvalue weighted by atomic mass is 14.9. The van der Waals surface area contributed by atoms with Crippen LogP contribution in [0.25, 0.3) is 33.2 Å². The SMILES string of the molecule is Cc1cc(C)c(-c2ccc3c(n2)[nH]c2ccccc23)c(C)c1. The predicted octanol–water partition coefficient (Wildman–Crippen LogP) is 5.31. The van der Waals surface area contributed by atoms with Crippen molar-refractivity contribution in [2.75, 3.05) is 0 Å². The van der Waals surface area contributed by atoms with Crippen LogP contribution in [0.1, 0.15) is 16.7 Å². The average molecular weight is 286 g/mol. The highest BCUT2D eigenvalue weighted by Gasteiger charge is 2.11. The van der Waals surface area contributed by atoms with Gasteiger partial charge in [-0.25, -0.2) is 4.98 Å². The van der Waals surface area contributed by atoms with E-state index in [0.29, 0.717) is 0 Å². The molecule has 0 aliphatic heterocycles. The number of aryl methyl sites for hydroxylation is 3. The van der Waals surface area contributed by atoms with Crippen molar-refractivity contribution in [3.05, 3.63) is 65.2 Å². The average Bonchev–Trinajstić information content (AvgIpc) is 2.84. The normalized spacial score (nSPS) is 11.4. The zero-order chi connectivity index (χ0) is 15.3. The third-order valence-electron chi connectivity index (χ3n) is 4.30. The van der Waals surface area contributed by atoms with Crippen molar-refractivity contribution in [3.8, 4) is 11.3 Å². The van der Waals surface area contributed by atoms with Crippen LogP contribution in [-0.4, -0.2) is 9.97 Å². The van der Waals surface area contributed by atoms with Gasteiger partial charge in [0.1, 0.15) is 5.65 Å². The summed E-state index contributed by atoms with van der Waals surface area (Å²) in [6.07, 6.45) is 0. The summed E-state index contributed by atoms with van der Waals surface area (Å²) in [6, 6.07) is 17.1. The molecule has 2 heteroatoms. The van der Waals surface area contributed by atoms with Crippen molar-refractivity contribution in [1.29, 1.82) is 0 Å². The number of aromatic nitrogens is 2. The molecular weight excluding hydrogens is 268 g/mol. The van der Waals surface area contributed by atoms with Gasteiger partial charge in [0.2, 0.25) is 0 Å². The van der Waals surface area contributed by atoms with Gasteiger partial charge >= 0.3 is 0 Å². The number of fused-ring (bicyclic) bond motifs is 3. The van der Waals surface area contributed by atoms with E-state index < -0.39 is 0 Å². The van der Waals surface area contributed by atoms with Gasteiger partial charge in [0.05, 0.1) is 5.69 Å². The van der Waals surface area contributed by atoms with Crippen LogP contribution in [0.5, 0.6) is 0 Å². The van der Waals surface area contributed by atoms with Crippen LogP contribution >= 0.6 is 0 Å². The number of rotatable bonds is 1. The number of pyridine rings is 1. The number of para-hydroxylation sites is 1. The summed E-state index contributed by atoms with van der Waals surface area (Å²) in [7, 11) is 0. The molecule has 0 saturated carbocycles. The van der Waals surface area contributed by atoms with Crippen LogP contribution < -0.4 is 0 Å². The predicted molar refractivity (Wildman–Crippen MR) is 93.2 cm³/mol. The second-order valence-electron chi connectivity index (χ2n) is 6.04. The smallest absolute Gasteiger partial charge is 0.139 e. The molecule has 0 saturated heterocycles. The largest absolute Gasteiger partial charge is 0.339 e. The molecule has 0 fully saturated rings. The fraction of sp³-hybridized carbons (Fsp3) is 0.150. The number of nitrogens with zero attached hydrogens (tertiary/aromatic N) is 1. The lowest BCUT2D eigenvalue weighted by atomic mass is 9.97. The fourth-order valence-corrected chi connectivity index (χ4v) is 3.45. The van der Waals surface area contributed by atoms with E-state index in [1.807, 2.05) is 6.07 Å². The molecule has 4 rings (SSSR count). The monoisotopic (exact) mass is 286 g/mol. The summed E-state index contributed by atoms with van der Waals surface area (Å²) in [5.74, 6) is 0. The van der Waals surface area contributed by atoms with Crippen LogP contribution in [-0.2, 0) is 0 Å². The Morgan fingerprint density at radius 2 is 1.55 bits per heavy atom. The summed E-state index contributed by atoms with van der Waals surface area (Å²) in [4.78, 5) is 8.31. The zero-order valence-electron chi connectivity index (χ0n) is 13.1. The van der Waals surface area contributed by atoms with Gasteiger partial charge in [-0.2, -0.15) is 0 Å². The molecule has 2 heterocycles. The highest BCUT2D eigenvalue weighted by molar-refractivity contribution is 6.06. The Bertz CT molecular complexity index is 986. The van der Waals surface area contributed by atoms with Crippen LogP contribution in [0.2, 0.25) is 0 Å². The lowest BCUT2D eigenvalue weighted by Gasteiger charge is -2.10. The first-order valence-electron chi connectivity index (χ1n) is 7.59. The van der Waals surface area contributed by atoms with E-state index in [1.165, 1.54) is 33.0 Å². The maximum Gasteiger partial charge on any atom is 0.139 e. The highest BCUT2D eigenvalue weighted by Crippen LogP contribution is 2.30. The van der Waals surface area contributed by atoms with E-state index in [1.54, 1.807) is 0 Å². The minimum absolute atomic E-state index is 0.957. The van der Waals surface area contributed by atoms with Crippen molar-refractivity contribution >= 4 is 21.9 Å². The minimum Gasteiger partial charge on any atom is -0.339 e. The second kappa shape index (κ2) is 4.70. The fourth-order valence-electron chi connectivity index (χ4n) is 3.45. The molecule has 0 unspecified atom stereocenters. The first-order chi connectivity index (χ1) is 10.6. The molecule has 22 heavy (non-hydrogen) atoms. The standard InChI is InChI=1S/C20H18N2/c1-12-10-13(2)19(14(3)11-12)18-9-8-16-15-6-4-5-7-17(15)21-20(16)22-18/h4-11H,1-3H3,(H,21,22). The van der Waals surface area contributed by atoms with E-state index >= 15 is 0 Å². The van der Waals surface area contributed by atoms with Gasteiger partial charge in [-0.05, 0) is 50.1 Å². The topological polar surface area (TPSA) is 28.7 Å². The zero-order valence-corrected chi connectivity index (χ0v) is 13.1. The summed E-state index contributed by atoms with van der Waals surface area (Å²) < 4.78 is 0. The van der Waals surface area contributed by atoms with Crippen molar-refractivity contribution in [2.24, 2.45) is 0 Å². The first kappa shape index (κ1) is 13.1. The molecule has 108 valence electrons. The Balaban J connectivity index is 1.99. The molecule has 2 nitrogen and oxygen atoms in total. The maximum atomic E-state index is 4.88. The summed E-state index contributed by atoms with van der Waals surface area (Å²) >= 11 is 0. The molecule has 0 atom stereocenters. The molecule has 0 aliphatic carbocycles. The van der Waals surface area contributed by atoms with Crippen molar-refractivity contribution in [2.45, 2.75) is 20.8 Å². The third kappa shape index (κ3) is 1.92. The molecule has 0 amide bonds. The van der Waals surface area contributed by atoms with Crippen LogP contribution in [0.15, 0.2) is 48.5 Å². The Kier molecular flexibility index (Phi) is 2.80.